The van der Waals surface area contributed by atoms with E-state index in [2.05, 4.69) is 9.47 Å². The van der Waals surface area contributed by atoms with Gasteiger partial charge in [-0.15, -0.1) is 0 Å². The minimum Gasteiger partial charge on any atom is -0.468 e. The van der Waals surface area contributed by atoms with Gasteiger partial charge in [0.05, 0.1) is 20.3 Å². The van der Waals surface area contributed by atoms with Gasteiger partial charge in [0.1, 0.15) is 0 Å². The van der Waals surface area contributed by atoms with Gasteiger partial charge in [-0.25, -0.2) is 0 Å². The van der Waals surface area contributed by atoms with Crippen LogP contribution in [0.5, 0.6) is 0 Å². The number of carbonyl (C=O) groups is 2. The molecule has 0 amide bonds. The Balaban J connectivity index is 5.03. The normalized spacial score (nSPS) is 13.7. The first kappa shape index (κ1) is 13.6. The summed E-state index contributed by atoms with van der Waals surface area (Å²) in [5.74, 6) is -1.46. The summed E-state index contributed by atoms with van der Waals surface area (Å²) in [6.07, 6.45) is 1.85. The van der Waals surface area contributed by atoms with Crippen molar-refractivity contribution in [2.45, 2.75) is 20.0 Å². The van der Waals surface area contributed by atoms with Crippen LogP contribution in [0.4, 0.5) is 0 Å². The largest absolute Gasteiger partial charge is 0.468 e. The van der Waals surface area contributed by atoms with E-state index in [1.807, 2.05) is 0 Å². The van der Waals surface area contributed by atoms with Gasteiger partial charge in [0, 0.05) is 0 Å². The van der Waals surface area contributed by atoms with Gasteiger partial charge in [-0.1, -0.05) is 12.2 Å². The SMILES string of the molecule is COC(=O)C(C)(/C=C/[C@H](C)O)C(=O)OC. The summed E-state index contributed by atoms with van der Waals surface area (Å²) in [4.78, 5) is 22.8. The summed E-state index contributed by atoms with van der Waals surface area (Å²) < 4.78 is 9.00. The van der Waals surface area contributed by atoms with E-state index in [4.69, 9.17) is 5.11 Å². The fourth-order valence-corrected chi connectivity index (χ4v) is 0.975. The Labute approximate surface area is 88.7 Å². The second-order valence-corrected chi connectivity index (χ2v) is 3.29. The Morgan fingerprint density at radius 3 is 1.93 bits per heavy atom. The van der Waals surface area contributed by atoms with Crippen LogP contribution < -0.4 is 0 Å². The van der Waals surface area contributed by atoms with E-state index >= 15 is 0 Å². The quantitative estimate of drug-likeness (QED) is 0.415. The molecule has 0 heterocycles. The van der Waals surface area contributed by atoms with Crippen LogP contribution in [0, 0.1) is 5.41 Å². The van der Waals surface area contributed by atoms with E-state index in [-0.39, 0.29) is 0 Å². The van der Waals surface area contributed by atoms with Crippen LogP contribution in [0.2, 0.25) is 0 Å². The Morgan fingerprint density at radius 1 is 1.27 bits per heavy atom. The molecule has 0 bridgehead atoms. The van der Waals surface area contributed by atoms with Crippen LogP contribution >= 0.6 is 0 Å². The third kappa shape index (κ3) is 3.36. The third-order valence-electron chi connectivity index (χ3n) is 1.93. The summed E-state index contributed by atoms with van der Waals surface area (Å²) in [6, 6.07) is 0. The average Bonchev–Trinajstić information content (AvgIpc) is 2.23. The maximum Gasteiger partial charge on any atom is 0.326 e. The molecule has 5 heteroatoms. The first-order valence-electron chi connectivity index (χ1n) is 4.42. The van der Waals surface area contributed by atoms with Crippen molar-refractivity contribution in [3.8, 4) is 0 Å². The molecule has 1 N–H and O–H groups in total. The van der Waals surface area contributed by atoms with Crippen molar-refractivity contribution in [3.63, 3.8) is 0 Å². The lowest BCUT2D eigenvalue weighted by molar-refractivity contribution is -0.163. The molecule has 0 aromatic heterocycles. The third-order valence-corrected chi connectivity index (χ3v) is 1.93. The predicted molar refractivity (Wildman–Crippen MR) is 53.0 cm³/mol. The molecule has 0 aromatic carbocycles. The maximum atomic E-state index is 11.4. The van der Waals surface area contributed by atoms with E-state index in [1.165, 1.54) is 40.2 Å². The molecule has 0 unspecified atom stereocenters. The van der Waals surface area contributed by atoms with Crippen molar-refractivity contribution in [2.24, 2.45) is 5.41 Å². The maximum absolute atomic E-state index is 11.4. The molecule has 5 nitrogen and oxygen atoms in total. The highest BCUT2D eigenvalue weighted by Gasteiger charge is 2.41. The number of aliphatic hydroxyl groups excluding tert-OH is 1. The lowest BCUT2D eigenvalue weighted by Gasteiger charge is -2.19. The zero-order valence-corrected chi connectivity index (χ0v) is 9.31. The summed E-state index contributed by atoms with van der Waals surface area (Å²) in [6.45, 7) is 2.87. The number of aliphatic hydroxyl groups is 1. The molecule has 0 aromatic rings. The van der Waals surface area contributed by atoms with Crippen molar-refractivity contribution < 1.29 is 24.2 Å². The second kappa shape index (κ2) is 5.50. The van der Waals surface area contributed by atoms with Gasteiger partial charge >= 0.3 is 11.9 Å². The van der Waals surface area contributed by atoms with Gasteiger partial charge in [-0.3, -0.25) is 9.59 Å². The van der Waals surface area contributed by atoms with E-state index in [9.17, 15) is 9.59 Å². The Morgan fingerprint density at radius 2 is 1.67 bits per heavy atom. The number of esters is 2. The Hall–Kier alpha value is -1.36. The average molecular weight is 216 g/mol. The first-order chi connectivity index (χ1) is 6.88. The number of hydrogen-bond donors (Lipinski definition) is 1. The van der Waals surface area contributed by atoms with Gasteiger partial charge in [0.15, 0.2) is 5.41 Å². The highest BCUT2D eigenvalue weighted by molar-refractivity contribution is 6.01. The summed E-state index contributed by atoms with van der Waals surface area (Å²) in [7, 11) is 2.36. The van der Waals surface area contributed by atoms with E-state index in [1.54, 1.807) is 0 Å². The number of methoxy groups -OCH3 is 2. The van der Waals surface area contributed by atoms with E-state index in [0.717, 1.165) is 0 Å². The first-order valence-corrected chi connectivity index (χ1v) is 4.42. The van der Waals surface area contributed by atoms with Crippen LogP contribution in [-0.4, -0.2) is 37.4 Å². The molecule has 0 spiro atoms. The highest BCUT2D eigenvalue weighted by Crippen LogP contribution is 2.22. The van der Waals surface area contributed by atoms with Crippen molar-refractivity contribution in [2.75, 3.05) is 14.2 Å². The van der Waals surface area contributed by atoms with Crippen LogP contribution in [0.25, 0.3) is 0 Å². The molecule has 0 aliphatic heterocycles. The zero-order valence-electron chi connectivity index (χ0n) is 9.31. The second-order valence-electron chi connectivity index (χ2n) is 3.29. The summed E-state index contributed by atoms with van der Waals surface area (Å²) in [5.41, 5.74) is -1.51. The molecule has 0 radical (unpaired) electrons. The molecule has 0 aliphatic rings. The van der Waals surface area contributed by atoms with Gasteiger partial charge in [-0.05, 0) is 13.8 Å². The molecular weight excluding hydrogens is 200 g/mol. The number of ether oxygens (including phenoxy) is 2. The van der Waals surface area contributed by atoms with Crippen LogP contribution in [-0.2, 0) is 19.1 Å². The topological polar surface area (TPSA) is 72.8 Å². The Bertz CT molecular complexity index is 251. The molecule has 15 heavy (non-hydrogen) atoms. The molecular formula is C10H16O5. The summed E-state index contributed by atoms with van der Waals surface area (Å²) >= 11 is 0. The van der Waals surface area contributed by atoms with Crippen molar-refractivity contribution in [1.29, 1.82) is 0 Å². The predicted octanol–water partition coefficient (Wildman–Crippen LogP) is 0.276. The van der Waals surface area contributed by atoms with Gasteiger partial charge in [0.2, 0.25) is 0 Å². The van der Waals surface area contributed by atoms with E-state index in [0.29, 0.717) is 0 Å². The van der Waals surface area contributed by atoms with Gasteiger partial charge < -0.3 is 14.6 Å². The fraction of sp³-hybridized carbons (Fsp3) is 0.600. The van der Waals surface area contributed by atoms with Gasteiger partial charge in [0.25, 0.3) is 0 Å². The smallest absolute Gasteiger partial charge is 0.326 e. The molecule has 0 saturated carbocycles. The standard InChI is InChI=1S/C10H16O5/c1-7(11)5-6-10(2,8(12)14-3)9(13)15-4/h5-7,11H,1-4H3/b6-5+/t7-/m0/s1. The highest BCUT2D eigenvalue weighted by atomic mass is 16.5. The van der Waals surface area contributed by atoms with Crippen LogP contribution in [0.15, 0.2) is 12.2 Å². The minimum absolute atomic E-state index is 0.730. The van der Waals surface area contributed by atoms with Crippen LogP contribution in [0.3, 0.4) is 0 Å². The molecule has 0 rings (SSSR count). The lowest BCUT2D eigenvalue weighted by Crippen LogP contribution is -2.36. The molecule has 1 atom stereocenters. The van der Waals surface area contributed by atoms with E-state index < -0.39 is 23.5 Å². The molecule has 86 valence electrons. The van der Waals surface area contributed by atoms with Crippen molar-refractivity contribution in [3.05, 3.63) is 12.2 Å². The number of rotatable bonds is 4. The zero-order chi connectivity index (χ0) is 12.1. The number of hydrogen-bond acceptors (Lipinski definition) is 5. The number of carbonyl (C=O) groups excluding carboxylic acids is 2. The molecule has 0 saturated heterocycles. The Kier molecular flexibility index (Phi) is 5.00. The lowest BCUT2D eigenvalue weighted by atomic mass is 9.90. The van der Waals surface area contributed by atoms with Crippen LogP contribution in [0.1, 0.15) is 13.8 Å². The fourth-order valence-electron chi connectivity index (χ4n) is 0.975. The van der Waals surface area contributed by atoms with Gasteiger partial charge in [-0.2, -0.15) is 0 Å². The van der Waals surface area contributed by atoms with Crippen molar-refractivity contribution in [1.82, 2.24) is 0 Å². The van der Waals surface area contributed by atoms with Crippen molar-refractivity contribution >= 4 is 11.9 Å². The molecule has 0 aliphatic carbocycles. The monoisotopic (exact) mass is 216 g/mol. The molecule has 0 fully saturated rings. The minimum atomic E-state index is -1.51. The summed E-state index contributed by atoms with van der Waals surface area (Å²) in [5, 5.41) is 9.03.